The summed E-state index contributed by atoms with van der Waals surface area (Å²) in [5, 5.41) is 38.9. The van der Waals surface area contributed by atoms with E-state index in [0.29, 0.717) is 31.2 Å². The van der Waals surface area contributed by atoms with Crippen LogP contribution in [-0.4, -0.2) is 32.4 Å². The Kier molecular flexibility index (Phi) is 8.16. The standard InChI is InChI=1S/C24H36O6/c1-23(2,21(27)28)11-7-4-3-5-9-17-15-20(26)18(16-19(17)25)10-6-8-12-24(13-14-24)22(29)30/h15-16,25-26H,3-14H2,1-2H3,(H,27,28)(H,29,30). The van der Waals surface area contributed by atoms with Crippen LogP contribution in [0.25, 0.3) is 0 Å². The molecule has 1 aliphatic rings. The molecule has 0 spiro atoms. The minimum Gasteiger partial charge on any atom is -0.508 e. The quantitative estimate of drug-likeness (QED) is 0.240. The van der Waals surface area contributed by atoms with Crippen molar-refractivity contribution < 1.29 is 30.0 Å². The maximum atomic E-state index is 11.2. The van der Waals surface area contributed by atoms with Gasteiger partial charge in [0, 0.05) is 0 Å². The van der Waals surface area contributed by atoms with Crippen molar-refractivity contribution in [3.8, 4) is 11.5 Å². The van der Waals surface area contributed by atoms with Gasteiger partial charge in [0.05, 0.1) is 10.8 Å². The van der Waals surface area contributed by atoms with Crippen LogP contribution in [0, 0.1) is 10.8 Å². The number of rotatable bonds is 14. The third-order valence-electron chi connectivity index (χ3n) is 6.52. The van der Waals surface area contributed by atoms with Crippen molar-refractivity contribution in [1.82, 2.24) is 0 Å². The molecule has 1 fully saturated rings. The molecular weight excluding hydrogens is 384 g/mol. The van der Waals surface area contributed by atoms with Crippen molar-refractivity contribution in [2.45, 2.75) is 90.9 Å². The molecule has 0 bridgehead atoms. The van der Waals surface area contributed by atoms with Gasteiger partial charge in [-0.25, -0.2) is 0 Å². The number of aryl methyl sites for hydroxylation is 2. The lowest BCUT2D eigenvalue weighted by Crippen LogP contribution is -2.23. The second-order valence-corrected chi connectivity index (χ2v) is 9.51. The minimum atomic E-state index is -0.767. The zero-order valence-electron chi connectivity index (χ0n) is 18.2. The third-order valence-corrected chi connectivity index (χ3v) is 6.52. The zero-order valence-corrected chi connectivity index (χ0v) is 18.2. The molecule has 4 N–H and O–H groups in total. The maximum Gasteiger partial charge on any atom is 0.309 e. The SMILES string of the molecule is CC(C)(CCCCCCc1cc(O)c(CCCCC2(C(=O)O)CC2)cc1O)C(=O)O. The molecule has 0 heterocycles. The molecule has 6 nitrogen and oxygen atoms in total. The van der Waals surface area contributed by atoms with E-state index in [0.717, 1.165) is 56.9 Å². The van der Waals surface area contributed by atoms with E-state index in [2.05, 4.69) is 0 Å². The van der Waals surface area contributed by atoms with Crippen molar-refractivity contribution in [1.29, 1.82) is 0 Å². The van der Waals surface area contributed by atoms with Gasteiger partial charge in [0.25, 0.3) is 0 Å². The van der Waals surface area contributed by atoms with Crippen LogP contribution in [0.5, 0.6) is 11.5 Å². The number of benzene rings is 1. The topological polar surface area (TPSA) is 115 Å². The Hall–Kier alpha value is -2.24. The Morgan fingerprint density at radius 2 is 1.37 bits per heavy atom. The summed E-state index contributed by atoms with van der Waals surface area (Å²) < 4.78 is 0. The van der Waals surface area contributed by atoms with Crippen LogP contribution < -0.4 is 0 Å². The lowest BCUT2D eigenvalue weighted by atomic mass is 9.87. The average Bonchev–Trinajstić information content (AvgIpc) is 3.46. The van der Waals surface area contributed by atoms with Crippen molar-refractivity contribution in [3.63, 3.8) is 0 Å². The summed E-state index contributed by atoms with van der Waals surface area (Å²) in [6, 6.07) is 3.27. The number of carboxylic acids is 2. The number of hydrogen-bond acceptors (Lipinski definition) is 4. The van der Waals surface area contributed by atoms with Crippen LogP contribution in [0.3, 0.4) is 0 Å². The first-order valence-electron chi connectivity index (χ1n) is 11.1. The van der Waals surface area contributed by atoms with E-state index in [9.17, 15) is 24.9 Å². The number of phenolic OH excluding ortho intramolecular Hbond substituents is 2. The van der Waals surface area contributed by atoms with Gasteiger partial charge in [-0.15, -0.1) is 0 Å². The van der Waals surface area contributed by atoms with Crippen LogP contribution >= 0.6 is 0 Å². The van der Waals surface area contributed by atoms with Crippen LogP contribution in [0.1, 0.15) is 89.2 Å². The fraction of sp³-hybridized carbons (Fsp3) is 0.667. The molecular formula is C24H36O6. The number of aromatic hydroxyl groups is 2. The number of hydrogen-bond donors (Lipinski definition) is 4. The summed E-state index contributed by atoms with van der Waals surface area (Å²) in [5.41, 5.74) is 0.238. The summed E-state index contributed by atoms with van der Waals surface area (Å²) in [7, 11) is 0. The molecule has 0 radical (unpaired) electrons. The van der Waals surface area contributed by atoms with Crippen LogP contribution in [0.15, 0.2) is 12.1 Å². The Bertz CT molecular complexity index is 748. The zero-order chi connectivity index (χ0) is 22.4. The number of carbonyl (C=O) groups is 2. The van der Waals surface area contributed by atoms with Crippen LogP contribution in [0.2, 0.25) is 0 Å². The number of carboxylic acid groups (broad SMARTS) is 2. The Labute approximate surface area is 178 Å². The highest BCUT2D eigenvalue weighted by molar-refractivity contribution is 5.77. The predicted molar refractivity (Wildman–Crippen MR) is 115 cm³/mol. The summed E-state index contributed by atoms with van der Waals surface area (Å²) in [4.78, 5) is 22.3. The highest BCUT2D eigenvalue weighted by Crippen LogP contribution is 2.50. The second-order valence-electron chi connectivity index (χ2n) is 9.51. The molecule has 6 heteroatoms. The van der Waals surface area contributed by atoms with Gasteiger partial charge in [-0.3, -0.25) is 9.59 Å². The molecule has 0 amide bonds. The van der Waals surface area contributed by atoms with E-state index >= 15 is 0 Å². The van der Waals surface area contributed by atoms with E-state index in [-0.39, 0.29) is 11.5 Å². The lowest BCUT2D eigenvalue weighted by Gasteiger charge is -2.18. The molecule has 1 aromatic rings. The fourth-order valence-corrected chi connectivity index (χ4v) is 3.91. The first kappa shape index (κ1) is 24.0. The van der Waals surface area contributed by atoms with Gasteiger partial charge < -0.3 is 20.4 Å². The normalized spacial score (nSPS) is 15.1. The summed E-state index contributed by atoms with van der Waals surface area (Å²) in [6.07, 6.45) is 9.35. The molecule has 0 unspecified atom stereocenters. The van der Waals surface area contributed by atoms with E-state index in [4.69, 9.17) is 5.11 Å². The van der Waals surface area contributed by atoms with Crippen LogP contribution in [-0.2, 0) is 22.4 Å². The Morgan fingerprint density at radius 1 is 0.867 bits per heavy atom. The number of phenols is 2. The van der Waals surface area contributed by atoms with Crippen molar-refractivity contribution in [2.24, 2.45) is 10.8 Å². The Morgan fingerprint density at radius 3 is 1.83 bits per heavy atom. The minimum absolute atomic E-state index is 0.186. The summed E-state index contributed by atoms with van der Waals surface area (Å²) in [6.45, 7) is 3.49. The van der Waals surface area contributed by atoms with Gasteiger partial charge in [-0.1, -0.05) is 25.7 Å². The van der Waals surface area contributed by atoms with Crippen LogP contribution in [0.4, 0.5) is 0 Å². The van der Waals surface area contributed by atoms with Gasteiger partial charge in [0.2, 0.25) is 0 Å². The number of aliphatic carboxylic acids is 2. The Balaban J connectivity index is 1.71. The molecule has 1 aromatic carbocycles. The monoisotopic (exact) mass is 420 g/mol. The van der Waals surface area contributed by atoms with Gasteiger partial charge >= 0.3 is 11.9 Å². The first-order valence-corrected chi connectivity index (χ1v) is 11.1. The molecule has 1 saturated carbocycles. The molecule has 168 valence electrons. The predicted octanol–water partition coefficient (Wildman–Crippen LogP) is 5.28. The molecule has 30 heavy (non-hydrogen) atoms. The van der Waals surface area contributed by atoms with Crippen molar-refractivity contribution in [3.05, 3.63) is 23.3 Å². The molecule has 0 atom stereocenters. The molecule has 0 saturated heterocycles. The molecule has 2 rings (SSSR count). The van der Waals surface area contributed by atoms with E-state index in [1.54, 1.807) is 26.0 Å². The maximum absolute atomic E-state index is 11.2. The highest BCUT2D eigenvalue weighted by Gasteiger charge is 2.49. The fourth-order valence-electron chi connectivity index (χ4n) is 3.91. The van der Waals surface area contributed by atoms with Gasteiger partial charge in [0.15, 0.2) is 0 Å². The van der Waals surface area contributed by atoms with Gasteiger partial charge in [0.1, 0.15) is 11.5 Å². The first-order chi connectivity index (χ1) is 14.1. The summed E-state index contributed by atoms with van der Waals surface area (Å²) >= 11 is 0. The largest absolute Gasteiger partial charge is 0.508 e. The second kappa shape index (κ2) is 10.2. The van der Waals surface area contributed by atoms with Crippen molar-refractivity contribution in [2.75, 3.05) is 0 Å². The molecule has 1 aliphatic carbocycles. The van der Waals surface area contributed by atoms with Gasteiger partial charge in [-0.2, -0.15) is 0 Å². The van der Waals surface area contributed by atoms with E-state index in [1.165, 1.54) is 0 Å². The third kappa shape index (κ3) is 6.64. The summed E-state index contributed by atoms with van der Waals surface area (Å²) in [5.74, 6) is -1.08. The van der Waals surface area contributed by atoms with Crippen molar-refractivity contribution >= 4 is 11.9 Å². The smallest absolute Gasteiger partial charge is 0.309 e. The van der Waals surface area contributed by atoms with E-state index in [1.807, 2.05) is 0 Å². The number of unbranched alkanes of at least 4 members (excludes halogenated alkanes) is 4. The average molecular weight is 421 g/mol. The molecule has 0 aliphatic heterocycles. The van der Waals surface area contributed by atoms with Gasteiger partial charge in [-0.05, 0) is 88.5 Å². The highest BCUT2D eigenvalue weighted by atomic mass is 16.4. The lowest BCUT2D eigenvalue weighted by molar-refractivity contribution is -0.147. The molecule has 0 aromatic heterocycles. The van der Waals surface area contributed by atoms with E-state index < -0.39 is 22.8 Å².